The lowest BCUT2D eigenvalue weighted by atomic mass is 9.82. The summed E-state index contributed by atoms with van der Waals surface area (Å²) in [7, 11) is 0. The topological polar surface area (TPSA) is 76.1 Å². The second-order valence-electron chi connectivity index (χ2n) is 7.89. The summed E-state index contributed by atoms with van der Waals surface area (Å²) in [6.45, 7) is 2.52. The number of carboxylic acid groups (broad SMARTS) is 1. The molecule has 0 aliphatic heterocycles. The average Bonchev–Trinajstić information content (AvgIpc) is 2.73. The fourth-order valence-corrected chi connectivity index (χ4v) is 3.98. The Morgan fingerprint density at radius 3 is 2.40 bits per heavy atom. The van der Waals surface area contributed by atoms with Gasteiger partial charge in [0.2, 0.25) is 0 Å². The summed E-state index contributed by atoms with van der Waals surface area (Å²) in [4.78, 5) is 25.3. The van der Waals surface area contributed by atoms with Gasteiger partial charge in [-0.3, -0.25) is 0 Å². The Kier molecular flexibility index (Phi) is 7.85. The number of ether oxygens (including phenoxy) is 2. The molecular weight excluding hydrogens is 382 g/mol. The third-order valence-electron chi connectivity index (χ3n) is 5.37. The van der Waals surface area contributed by atoms with Crippen molar-refractivity contribution in [2.75, 3.05) is 24.7 Å². The van der Waals surface area contributed by atoms with E-state index >= 15 is 0 Å². The molecule has 1 N–H and O–H groups in total. The Labute approximate surface area is 177 Å². The van der Waals surface area contributed by atoms with Crippen LogP contribution >= 0.6 is 0 Å². The number of nitrogens with zero attached hydrogens (tertiary/aromatic N) is 1. The van der Waals surface area contributed by atoms with Gasteiger partial charge in [0.25, 0.3) is 0 Å². The molecule has 0 bridgehead atoms. The van der Waals surface area contributed by atoms with E-state index in [0.29, 0.717) is 19.1 Å². The molecule has 2 atom stereocenters. The molecule has 30 heavy (non-hydrogen) atoms. The van der Waals surface area contributed by atoms with E-state index in [1.54, 1.807) is 4.90 Å². The molecule has 3 rings (SSSR count). The lowest BCUT2D eigenvalue weighted by molar-refractivity contribution is -0.142. The van der Waals surface area contributed by atoms with Crippen molar-refractivity contribution in [2.45, 2.75) is 32.6 Å². The van der Waals surface area contributed by atoms with E-state index in [2.05, 4.69) is 0 Å². The van der Waals surface area contributed by atoms with Gasteiger partial charge in [-0.2, -0.15) is 0 Å². The van der Waals surface area contributed by atoms with Crippen molar-refractivity contribution >= 4 is 23.4 Å². The molecule has 1 saturated carbocycles. The highest BCUT2D eigenvalue weighted by atomic mass is 16.6. The summed E-state index contributed by atoms with van der Waals surface area (Å²) >= 11 is 0. The van der Waals surface area contributed by atoms with Gasteiger partial charge in [-0.15, -0.1) is 0 Å². The third-order valence-corrected chi connectivity index (χ3v) is 5.37. The molecule has 1 aliphatic carbocycles. The van der Waals surface area contributed by atoms with Gasteiger partial charge >= 0.3 is 12.1 Å². The minimum atomic E-state index is -0.951. The zero-order valence-electron chi connectivity index (χ0n) is 17.3. The molecule has 2 aromatic carbocycles. The standard InChI is InChI=1S/C24H29NO5/c1-18-7-5-12-22(13-18)25(21-10-3-2-4-11-21)24(28)30-16-20-9-6-8-19(14-20)15-29-17-23(26)27/h2-5,7,10-13,19-20H,6,8-9,14-17H2,1H3,(H,26,27). The fourth-order valence-electron chi connectivity index (χ4n) is 3.98. The van der Waals surface area contributed by atoms with Gasteiger partial charge in [-0.25, -0.2) is 14.5 Å². The van der Waals surface area contributed by atoms with Crippen molar-refractivity contribution in [3.8, 4) is 0 Å². The van der Waals surface area contributed by atoms with Crippen LogP contribution in [0.5, 0.6) is 0 Å². The quantitative estimate of drug-likeness (QED) is 0.648. The van der Waals surface area contributed by atoms with Crippen molar-refractivity contribution in [1.82, 2.24) is 0 Å². The average molecular weight is 411 g/mol. The number of amides is 1. The van der Waals surface area contributed by atoms with Crippen molar-refractivity contribution < 1.29 is 24.2 Å². The van der Waals surface area contributed by atoms with Crippen LogP contribution in [0.3, 0.4) is 0 Å². The Balaban J connectivity index is 1.61. The number of carboxylic acids is 1. The molecule has 0 heterocycles. The van der Waals surface area contributed by atoms with Gasteiger partial charge in [0.15, 0.2) is 0 Å². The maximum Gasteiger partial charge on any atom is 0.418 e. The molecule has 1 fully saturated rings. The number of benzene rings is 2. The number of anilines is 2. The van der Waals surface area contributed by atoms with Gasteiger partial charge in [-0.05, 0) is 67.9 Å². The van der Waals surface area contributed by atoms with Crippen molar-refractivity contribution in [2.24, 2.45) is 11.8 Å². The summed E-state index contributed by atoms with van der Waals surface area (Å²) in [5, 5.41) is 8.71. The zero-order chi connectivity index (χ0) is 21.3. The van der Waals surface area contributed by atoms with E-state index < -0.39 is 12.1 Å². The second-order valence-corrected chi connectivity index (χ2v) is 7.89. The first kappa shape index (κ1) is 21.8. The molecule has 0 saturated heterocycles. The van der Waals surface area contributed by atoms with Crippen LogP contribution in [-0.4, -0.2) is 37.0 Å². The number of para-hydroxylation sites is 1. The Morgan fingerprint density at radius 1 is 1.00 bits per heavy atom. The smallest absolute Gasteiger partial charge is 0.418 e. The van der Waals surface area contributed by atoms with Crippen LogP contribution in [0, 0.1) is 18.8 Å². The van der Waals surface area contributed by atoms with Crippen LogP contribution in [0.2, 0.25) is 0 Å². The fraction of sp³-hybridized carbons (Fsp3) is 0.417. The molecule has 160 valence electrons. The van der Waals surface area contributed by atoms with Crippen molar-refractivity contribution in [1.29, 1.82) is 0 Å². The zero-order valence-corrected chi connectivity index (χ0v) is 17.3. The Hall–Kier alpha value is -2.86. The van der Waals surface area contributed by atoms with Gasteiger partial charge in [-0.1, -0.05) is 36.8 Å². The Morgan fingerprint density at radius 2 is 1.70 bits per heavy atom. The van der Waals surface area contributed by atoms with Crippen LogP contribution in [-0.2, 0) is 14.3 Å². The molecular formula is C24H29NO5. The lowest BCUT2D eigenvalue weighted by Crippen LogP contribution is -2.30. The third kappa shape index (κ3) is 6.32. The first-order chi connectivity index (χ1) is 14.5. The number of hydrogen-bond acceptors (Lipinski definition) is 4. The van der Waals surface area contributed by atoms with Crippen molar-refractivity contribution in [3.63, 3.8) is 0 Å². The van der Waals surface area contributed by atoms with Gasteiger partial charge in [0.05, 0.1) is 24.6 Å². The molecule has 2 unspecified atom stereocenters. The SMILES string of the molecule is Cc1cccc(N(C(=O)OCC2CCCC(COCC(=O)O)C2)c2ccccc2)c1. The summed E-state index contributed by atoms with van der Waals surface area (Å²) in [6.07, 6.45) is 3.53. The number of hydrogen-bond donors (Lipinski definition) is 1. The highest BCUT2D eigenvalue weighted by Gasteiger charge is 2.26. The molecule has 2 aromatic rings. The monoisotopic (exact) mass is 411 g/mol. The Bertz CT molecular complexity index is 838. The predicted molar refractivity (Wildman–Crippen MR) is 115 cm³/mol. The largest absolute Gasteiger partial charge is 0.480 e. The summed E-state index contributed by atoms with van der Waals surface area (Å²) in [6, 6.07) is 17.3. The molecule has 6 nitrogen and oxygen atoms in total. The molecule has 1 amide bonds. The van der Waals surface area contributed by atoms with E-state index in [4.69, 9.17) is 14.6 Å². The number of carbonyl (C=O) groups excluding carboxylic acids is 1. The van der Waals surface area contributed by atoms with E-state index in [-0.39, 0.29) is 12.5 Å². The number of rotatable bonds is 8. The lowest BCUT2D eigenvalue weighted by Gasteiger charge is -2.29. The highest BCUT2D eigenvalue weighted by molar-refractivity contribution is 5.96. The summed E-state index contributed by atoms with van der Waals surface area (Å²) in [5.74, 6) is -0.381. The van der Waals surface area contributed by atoms with E-state index in [1.807, 2.05) is 61.5 Å². The highest BCUT2D eigenvalue weighted by Crippen LogP contribution is 2.31. The maximum absolute atomic E-state index is 13.0. The van der Waals surface area contributed by atoms with Crippen LogP contribution in [0.4, 0.5) is 16.2 Å². The maximum atomic E-state index is 13.0. The second kappa shape index (κ2) is 10.8. The van der Waals surface area contributed by atoms with Crippen molar-refractivity contribution in [3.05, 3.63) is 60.2 Å². The number of aliphatic carboxylic acids is 1. The number of carbonyl (C=O) groups is 2. The van der Waals surface area contributed by atoms with Crippen LogP contribution in [0.15, 0.2) is 54.6 Å². The van der Waals surface area contributed by atoms with Crippen LogP contribution < -0.4 is 4.90 Å². The minimum absolute atomic E-state index is 0.260. The first-order valence-electron chi connectivity index (χ1n) is 10.4. The molecule has 0 radical (unpaired) electrons. The van der Waals surface area contributed by atoms with Gasteiger partial charge in [0, 0.05) is 0 Å². The molecule has 0 spiro atoms. The molecule has 1 aliphatic rings. The minimum Gasteiger partial charge on any atom is -0.480 e. The van der Waals surface area contributed by atoms with Crippen LogP contribution in [0.1, 0.15) is 31.2 Å². The summed E-state index contributed by atoms with van der Waals surface area (Å²) < 4.78 is 11.0. The van der Waals surface area contributed by atoms with E-state index in [1.165, 1.54) is 0 Å². The first-order valence-corrected chi connectivity index (χ1v) is 10.4. The summed E-state index contributed by atoms with van der Waals surface area (Å²) in [5.41, 5.74) is 2.60. The number of aryl methyl sites for hydroxylation is 1. The van der Waals surface area contributed by atoms with E-state index in [9.17, 15) is 9.59 Å². The van der Waals surface area contributed by atoms with Crippen LogP contribution in [0.25, 0.3) is 0 Å². The molecule has 6 heteroatoms. The normalized spacial score (nSPS) is 18.6. The van der Waals surface area contributed by atoms with E-state index in [0.717, 1.165) is 42.6 Å². The van der Waals surface area contributed by atoms with Gasteiger partial charge < -0.3 is 14.6 Å². The predicted octanol–water partition coefficient (Wildman–Crippen LogP) is 5.18. The molecule has 0 aromatic heterocycles. The van der Waals surface area contributed by atoms with Gasteiger partial charge in [0.1, 0.15) is 6.61 Å².